The van der Waals surface area contributed by atoms with E-state index in [1.165, 1.54) is 6.08 Å². The van der Waals surface area contributed by atoms with Gasteiger partial charge in [-0.3, -0.25) is 9.35 Å². The predicted molar refractivity (Wildman–Crippen MR) is 82.5 cm³/mol. The first-order valence-electron chi connectivity index (χ1n) is 6.76. The summed E-state index contributed by atoms with van der Waals surface area (Å²) in [6.07, 6.45) is 3.56. The van der Waals surface area contributed by atoms with Crippen molar-refractivity contribution in [1.29, 1.82) is 0 Å². The van der Waals surface area contributed by atoms with Crippen molar-refractivity contribution in [1.82, 2.24) is 4.90 Å². The molecule has 1 N–H and O–H groups in total. The van der Waals surface area contributed by atoms with Crippen LogP contribution < -0.4 is 0 Å². The van der Waals surface area contributed by atoms with E-state index in [0.717, 1.165) is 12.2 Å². The number of carbonyl (C=O) groups is 1. The van der Waals surface area contributed by atoms with Gasteiger partial charge in [-0.2, -0.15) is 8.42 Å². The zero-order valence-corrected chi connectivity index (χ0v) is 12.7. The number of allylic oxidation sites excluding steroid dienone is 1. The zero-order valence-electron chi connectivity index (χ0n) is 11.9. The molecule has 0 saturated carbocycles. The first-order chi connectivity index (χ1) is 10.5. The van der Waals surface area contributed by atoms with Gasteiger partial charge in [-0.1, -0.05) is 30.3 Å². The molecule has 2 rings (SSSR count). The van der Waals surface area contributed by atoms with Gasteiger partial charge >= 0.3 is 0 Å². The van der Waals surface area contributed by atoms with Crippen LogP contribution in [0.15, 0.2) is 47.4 Å². The molecule has 7 heteroatoms. The van der Waals surface area contributed by atoms with Crippen molar-refractivity contribution in [3.05, 3.63) is 53.0 Å². The monoisotopic (exact) mass is 323 g/mol. The Balaban J connectivity index is 2.19. The van der Waals surface area contributed by atoms with E-state index in [1.54, 1.807) is 35.2 Å². The normalized spacial score (nSPS) is 17.0. The number of nitrogens with zero attached hydrogens (tertiary/aromatic N) is 1. The molecule has 1 saturated heterocycles. The number of hydrogen-bond donors (Lipinski definition) is 1. The molecule has 0 aliphatic carbocycles. The predicted octanol–water partition coefficient (Wildman–Crippen LogP) is 1.33. The summed E-state index contributed by atoms with van der Waals surface area (Å²) in [5.41, 5.74) is 0.610. The highest BCUT2D eigenvalue weighted by Crippen LogP contribution is 2.13. The van der Waals surface area contributed by atoms with Crippen molar-refractivity contribution < 1.29 is 22.5 Å². The van der Waals surface area contributed by atoms with Gasteiger partial charge in [-0.15, -0.1) is 0 Å². The summed E-state index contributed by atoms with van der Waals surface area (Å²) in [7, 11) is -4.41. The molecule has 0 bridgehead atoms. The Bertz CT molecular complexity index is 673. The Morgan fingerprint density at radius 2 is 1.77 bits per heavy atom. The Kier molecular flexibility index (Phi) is 5.48. The summed E-state index contributed by atoms with van der Waals surface area (Å²) in [5, 5.41) is 0. The number of amides is 1. The third-order valence-electron chi connectivity index (χ3n) is 3.12. The van der Waals surface area contributed by atoms with Crippen LogP contribution in [0.1, 0.15) is 5.56 Å². The van der Waals surface area contributed by atoms with E-state index in [9.17, 15) is 17.8 Å². The van der Waals surface area contributed by atoms with Gasteiger partial charge in [0.05, 0.1) is 18.1 Å². The van der Waals surface area contributed by atoms with E-state index >= 15 is 0 Å². The number of ether oxygens (including phenoxy) is 1. The number of morpholine rings is 1. The molecule has 22 heavy (non-hydrogen) atoms. The van der Waals surface area contributed by atoms with Crippen molar-refractivity contribution in [3.63, 3.8) is 0 Å². The number of rotatable bonds is 4. The quantitative estimate of drug-likeness (QED) is 0.513. The maximum atomic E-state index is 12.0. The molecule has 6 nitrogen and oxygen atoms in total. The van der Waals surface area contributed by atoms with Crippen LogP contribution in [0.4, 0.5) is 0 Å². The topological polar surface area (TPSA) is 83.9 Å². The molecule has 0 atom stereocenters. The highest BCUT2D eigenvalue weighted by Gasteiger charge is 2.16. The van der Waals surface area contributed by atoms with Crippen LogP contribution in [-0.2, 0) is 19.6 Å². The molecule has 1 aromatic rings. The van der Waals surface area contributed by atoms with Gasteiger partial charge in [0.2, 0.25) is 5.91 Å². The van der Waals surface area contributed by atoms with Crippen LogP contribution in [0, 0.1) is 0 Å². The van der Waals surface area contributed by atoms with E-state index < -0.39 is 10.1 Å². The second kappa shape index (κ2) is 7.35. The zero-order chi connectivity index (χ0) is 16.0. The fraction of sp³-hybridized carbons (Fsp3) is 0.267. The van der Waals surface area contributed by atoms with Crippen molar-refractivity contribution in [2.45, 2.75) is 0 Å². The number of carbonyl (C=O) groups excluding carboxylic acids is 1. The molecular weight excluding hydrogens is 306 g/mol. The SMILES string of the molecule is O=C(C=CC(=Cc1ccccc1)S(=O)(=O)O)N1CCOCC1. The highest BCUT2D eigenvalue weighted by molar-refractivity contribution is 7.90. The minimum absolute atomic E-state index is 0.314. The van der Waals surface area contributed by atoms with Crippen LogP contribution in [-0.4, -0.2) is 50.1 Å². The van der Waals surface area contributed by atoms with Crippen LogP contribution in [0.5, 0.6) is 0 Å². The van der Waals surface area contributed by atoms with Gasteiger partial charge in [-0.25, -0.2) is 0 Å². The molecule has 0 unspecified atom stereocenters. The first kappa shape index (κ1) is 16.4. The summed E-state index contributed by atoms with van der Waals surface area (Å²) in [4.78, 5) is 13.2. The van der Waals surface area contributed by atoms with Crippen molar-refractivity contribution in [2.24, 2.45) is 0 Å². The molecule has 1 heterocycles. The molecule has 0 aromatic heterocycles. The fourth-order valence-electron chi connectivity index (χ4n) is 1.96. The number of benzene rings is 1. The van der Waals surface area contributed by atoms with Gasteiger partial charge in [-0.05, 0) is 17.7 Å². The standard InChI is InChI=1S/C15H17NO5S/c17-15(16-8-10-21-11-9-16)7-6-14(22(18,19)20)12-13-4-2-1-3-5-13/h1-7,12H,8-11H2,(H,18,19,20). The van der Waals surface area contributed by atoms with E-state index in [2.05, 4.69) is 0 Å². The maximum Gasteiger partial charge on any atom is 0.294 e. The average molecular weight is 323 g/mol. The summed E-state index contributed by atoms with van der Waals surface area (Å²) >= 11 is 0. The third-order valence-corrected chi connectivity index (χ3v) is 3.97. The van der Waals surface area contributed by atoms with Gasteiger partial charge < -0.3 is 9.64 Å². The van der Waals surface area contributed by atoms with Crippen molar-refractivity contribution in [3.8, 4) is 0 Å². The van der Waals surface area contributed by atoms with E-state index in [4.69, 9.17) is 4.74 Å². The second-order valence-electron chi connectivity index (χ2n) is 4.70. The minimum Gasteiger partial charge on any atom is -0.378 e. The van der Waals surface area contributed by atoms with Crippen molar-refractivity contribution in [2.75, 3.05) is 26.3 Å². The Morgan fingerprint density at radius 1 is 1.14 bits per heavy atom. The fourth-order valence-corrected chi connectivity index (χ4v) is 2.49. The van der Waals surface area contributed by atoms with Crippen LogP contribution in [0.25, 0.3) is 6.08 Å². The van der Waals surface area contributed by atoms with Crippen LogP contribution in [0.2, 0.25) is 0 Å². The maximum absolute atomic E-state index is 12.0. The lowest BCUT2D eigenvalue weighted by molar-refractivity contribution is -0.129. The average Bonchev–Trinajstić information content (AvgIpc) is 2.52. The van der Waals surface area contributed by atoms with E-state index in [1.807, 2.05) is 0 Å². The smallest absolute Gasteiger partial charge is 0.294 e. The molecule has 1 aliphatic rings. The van der Waals surface area contributed by atoms with Crippen LogP contribution >= 0.6 is 0 Å². The summed E-state index contributed by atoms with van der Waals surface area (Å²) < 4.78 is 37.2. The molecule has 0 radical (unpaired) electrons. The minimum atomic E-state index is -4.41. The summed E-state index contributed by atoms with van der Waals surface area (Å²) in [5.74, 6) is -0.314. The molecule has 1 amide bonds. The molecule has 1 fully saturated rings. The molecule has 1 aliphatic heterocycles. The highest BCUT2D eigenvalue weighted by atomic mass is 32.2. The van der Waals surface area contributed by atoms with Crippen molar-refractivity contribution >= 4 is 22.1 Å². The van der Waals surface area contributed by atoms with E-state index in [-0.39, 0.29) is 10.8 Å². The third kappa shape index (κ3) is 4.80. The first-order valence-corrected chi connectivity index (χ1v) is 8.20. The second-order valence-corrected chi connectivity index (χ2v) is 6.12. The van der Waals surface area contributed by atoms with E-state index in [0.29, 0.717) is 31.9 Å². The summed E-state index contributed by atoms with van der Waals surface area (Å²) in [6, 6.07) is 8.68. The molecule has 1 aromatic carbocycles. The molecular formula is C15H17NO5S. The Labute approximate surface area is 129 Å². The Hall–Kier alpha value is -1.96. The number of hydrogen-bond acceptors (Lipinski definition) is 4. The molecule has 118 valence electrons. The van der Waals surface area contributed by atoms with Crippen LogP contribution in [0.3, 0.4) is 0 Å². The molecule has 0 spiro atoms. The lowest BCUT2D eigenvalue weighted by Gasteiger charge is -2.25. The lowest BCUT2D eigenvalue weighted by atomic mass is 10.2. The van der Waals surface area contributed by atoms with Gasteiger partial charge in [0, 0.05) is 19.2 Å². The van der Waals surface area contributed by atoms with Gasteiger partial charge in [0.1, 0.15) is 0 Å². The van der Waals surface area contributed by atoms with Gasteiger partial charge in [0.15, 0.2) is 0 Å². The largest absolute Gasteiger partial charge is 0.378 e. The lowest BCUT2D eigenvalue weighted by Crippen LogP contribution is -2.39. The van der Waals surface area contributed by atoms with Gasteiger partial charge in [0.25, 0.3) is 10.1 Å². The Morgan fingerprint density at radius 3 is 2.36 bits per heavy atom. The summed E-state index contributed by atoms with van der Waals surface area (Å²) in [6.45, 7) is 1.86.